The monoisotopic (exact) mass is 194 g/mol. The quantitative estimate of drug-likeness (QED) is 0.490. The molecule has 0 heterocycles. The number of rotatable bonds is 0. The molecule has 0 spiro atoms. The topological polar surface area (TPSA) is 17.1 Å². The summed E-state index contributed by atoms with van der Waals surface area (Å²) >= 11 is 0.300. The molecule has 0 rings (SSSR count). The van der Waals surface area contributed by atoms with Crippen molar-refractivity contribution in [3.05, 3.63) is 0 Å². The van der Waals surface area contributed by atoms with Crippen molar-refractivity contribution in [1.82, 2.24) is 0 Å². The Labute approximate surface area is 43.4 Å². The van der Waals surface area contributed by atoms with Gasteiger partial charge in [0.1, 0.15) is 0 Å². The Kier molecular flexibility index (Phi) is 232. The summed E-state index contributed by atoms with van der Waals surface area (Å²) in [6.45, 7) is 0. The van der Waals surface area contributed by atoms with E-state index in [0.29, 0.717) is 23.0 Å². The van der Waals surface area contributed by atoms with Crippen LogP contribution in [0.25, 0.3) is 0 Å². The molecule has 0 saturated heterocycles. The third-order valence-corrected chi connectivity index (χ3v) is 0. The Bertz CT molecular complexity index is 8.00. The van der Waals surface area contributed by atoms with Gasteiger partial charge in [0.2, 0.25) is 0 Å². The maximum absolute atomic E-state index is 8.34. The molecule has 0 unspecified atom stereocenters. The fourth-order valence-corrected chi connectivity index (χ4v) is 0. The van der Waals surface area contributed by atoms with Crippen LogP contribution < -0.4 is 0 Å². The first kappa shape index (κ1) is 21.1. The van der Waals surface area contributed by atoms with E-state index < -0.39 is 0 Å². The van der Waals surface area contributed by atoms with Gasteiger partial charge in [-0.1, -0.05) is 0 Å². The Morgan fingerprint density at radius 3 is 1.25 bits per heavy atom. The SMILES string of the molecule is Cl.F.[O]=[SbH]. The van der Waals surface area contributed by atoms with Crippen LogP contribution in [-0.2, 0) is 3.02 Å². The van der Waals surface area contributed by atoms with E-state index in [2.05, 4.69) is 0 Å². The second-order valence-corrected chi connectivity index (χ2v) is 0. The van der Waals surface area contributed by atoms with Crippen LogP contribution in [0.2, 0.25) is 0 Å². The molecule has 28 valence electrons. The van der Waals surface area contributed by atoms with Crippen LogP contribution in [0.3, 0.4) is 0 Å². The minimum atomic E-state index is 0. The molecule has 0 aliphatic carbocycles. The number of hydrogen-bond acceptors (Lipinski definition) is 1. The molecule has 0 saturated carbocycles. The van der Waals surface area contributed by atoms with Crippen LogP contribution in [0.4, 0.5) is 4.70 Å². The van der Waals surface area contributed by atoms with E-state index in [4.69, 9.17) is 3.02 Å². The predicted molar refractivity (Wildman–Crippen MR) is 17.6 cm³/mol. The standard InChI is InChI=1S/ClH.FH.O.Sb.H/h2*1H;;;. The van der Waals surface area contributed by atoms with Gasteiger partial charge in [0.15, 0.2) is 0 Å². The van der Waals surface area contributed by atoms with Gasteiger partial charge in [-0.15, -0.1) is 12.4 Å². The van der Waals surface area contributed by atoms with E-state index in [9.17, 15) is 0 Å². The first-order valence-electron chi connectivity index (χ1n) is 0.204. The zero-order valence-electron chi connectivity index (χ0n) is 1.72. The normalized spacial score (nSPS) is 1.00. The second kappa shape index (κ2) is 44.0. The fraction of sp³-hybridized carbons (Fsp3) is 0. The van der Waals surface area contributed by atoms with Gasteiger partial charge in [-0.05, 0) is 0 Å². The van der Waals surface area contributed by atoms with Gasteiger partial charge in [0.25, 0.3) is 0 Å². The van der Waals surface area contributed by atoms with Gasteiger partial charge in [-0.3, -0.25) is 4.70 Å². The maximum atomic E-state index is 8.34. The summed E-state index contributed by atoms with van der Waals surface area (Å²) in [5.41, 5.74) is 0. The van der Waals surface area contributed by atoms with Crippen molar-refractivity contribution in [2.45, 2.75) is 0 Å². The Balaban J connectivity index is -0.00000000500. The molecular weight excluding hydrogens is 192 g/mol. The van der Waals surface area contributed by atoms with Crippen molar-refractivity contribution in [2.24, 2.45) is 0 Å². The molecule has 0 aliphatic heterocycles. The van der Waals surface area contributed by atoms with Crippen LogP contribution in [0, 0.1) is 0 Å². The molecule has 0 N–H and O–H groups in total. The molecule has 0 atom stereocenters. The van der Waals surface area contributed by atoms with Gasteiger partial charge >= 0.3 is 26.0 Å². The average Bonchev–Trinajstić information content (AvgIpc) is 1.00. The van der Waals surface area contributed by atoms with Crippen LogP contribution in [0.5, 0.6) is 0 Å². The summed E-state index contributed by atoms with van der Waals surface area (Å²) < 4.78 is 8.34. The van der Waals surface area contributed by atoms with Crippen molar-refractivity contribution >= 4 is 35.4 Å². The summed E-state index contributed by atoms with van der Waals surface area (Å²) in [5, 5.41) is 0. The van der Waals surface area contributed by atoms with E-state index in [1.54, 1.807) is 0 Å². The summed E-state index contributed by atoms with van der Waals surface area (Å²) in [6, 6.07) is 0. The van der Waals surface area contributed by atoms with Crippen LogP contribution >= 0.6 is 12.4 Å². The van der Waals surface area contributed by atoms with Crippen molar-refractivity contribution in [2.75, 3.05) is 0 Å². The summed E-state index contributed by atoms with van der Waals surface area (Å²) in [5.74, 6) is 0. The molecule has 0 radical (unpaired) electrons. The van der Waals surface area contributed by atoms with Crippen molar-refractivity contribution < 1.29 is 7.72 Å². The van der Waals surface area contributed by atoms with Gasteiger partial charge in [-0.25, -0.2) is 0 Å². The van der Waals surface area contributed by atoms with Crippen molar-refractivity contribution in [3.63, 3.8) is 0 Å². The van der Waals surface area contributed by atoms with E-state index in [-0.39, 0.29) is 17.1 Å². The molecule has 0 bridgehead atoms. The van der Waals surface area contributed by atoms with Crippen molar-refractivity contribution in [1.29, 1.82) is 0 Å². The van der Waals surface area contributed by atoms with Gasteiger partial charge < -0.3 is 0 Å². The Morgan fingerprint density at radius 1 is 1.25 bits per heavy atom. The van der Waals surface area contributed by atoms with E-state index in [1.807, 2.05) is 0 Å². The first-order valence-corrected chi connectivity index (χ1v) is 1.37. The predicted octanol–water partition coefficient (Wildman–Crippen LogP) is -0.193. The minimum absolute atomic E-state index is 0. The third kappa shape index (κ3) is 13.7. The molecule has 4 heteroatoms. The molecule has 4 heavy (non-hydrogen) atoms. The third-order valence-electron chi connectivity index (χ3n) is 0. The average molecular weight is 195 g/mol. The summed E-state index contributed by atoms with van der Waals surface area (Å²) in [6.07, 6.45) is 0. The number of hydrogen-bond donors (Lipinski definition) is 0. The van der Waals surface area contributed by atoms with Gasteiger partial charge in [0, 0.05) is 0 Å². The zero-order chi connectivity index (χ0) is 2.00. The van der Waals surface area contributed by atoms with Crippen LogP contribution in [0.15, 0.2) is 0 Å². The summed E-state index contributed by atoms with van der Waals surface area (Å²) in [4.78, 5) is 0. The fourth-order valence-electron chi connectivity index (χ4n) is 0. The Hall–Kier alpha value is 0.838. The van der Waals surface area contributed by atoms with Gasteiger partial charge in [-0.2, -0.15) is 0 Å². The van der Waals surface area contributed by atoms with Crippen molar-refractivity contribution in [3.8, 4) is 0 Å². The summed E-state index contributed by atoms with van der Waals surface area (Å²) in [7, 11) is 0. The zero-order valence-corrected chi connectivity index (χ0v) is 5.40. The molecule has 0 aromatic rings. The molecule has 0 aliphatic rings. The number of halogens is 2. The van der Waals surface area contributed by atoms with E-state index in [0.717, 1.165) is 0 Å². The molecule has 1 nitrogen and oxygen atoms in total. The molecule has 0 amide bonds. The first-order chi connectivity index (χ1) is 1.00. The molecule has 0 aromatic heterocycles. The van der Waals surface area contributed by atoms with Crippen LogP contribution in [-0.4, -0.2) is 23.0 Å². The molecular formula is H3ClFOSb. The van der Waals surface area contributed by atoms with Crippen LogP contribution in [0.1, 0.15) is 0 Å². The van der Waals surface area contributed by atoms with E-state index in [1.165, 1.54) is 0 Å². The Morgan fingerprint density at radius 2 is 1.25 bits per heavy atom. The van der Waals surface area contributed by atoms with Gasteiger partial charge in [0.05, 0.1) is 0 Å². The second-order valence-electron chi connectivity index (χ2n) is 0. The molecule has 0 aromatic carbocycles. The molecule has 0 fully saturated rings. The van der Waals surface area contributed by atoms with E-state index >= 15 is 0 Å².